The van der Waals surface area contributed by atoms with E-state index in [1.807, 2.05) is 0 Å². The van der Waals surface area contributed by atoms with Crippen LogP contribution in [0.15, 0.2) is 18.2 Å². The van der Waals surface area contributed by atoms with E-state index in [4.69, 9.17) is 35.4 Å². The van der Waals surface area contributed by atoms with Gasteiger partial charge in [0, 0.05) is 23.3 Å². The zero-order valence-corrected chi connectivity index (χ0v) is 12.1. The summed E-state index contributed by atoms with van der Waals surface area (Å²) in [5, 5.41) is 3.80. The lowest BCUT2D eigenvalue weighted by atomic mass is 10.0. The van der Waals surface area contributed by atoms with E-state index in [1.165, 1.54) is 0 Å². The van der Waals surface area contributed by atoms with E-state index in [2.05, 4.69) is 5.10 Å². The molecule has 0 aliphatic heterocycles. The average Bonchev–Trinajstić information content (AvgIpc) is 2.52. The van der Waals surface area contributed by atoms with Gasteiger partial charge in [-0.3, -0.25) is 9.48 Å². The maximum atomic E-state index is 12.4. The second kappa shape index (κ2) is 4.88. The van der Waals surface area contributed by atoms with Gasteiger partial charge in [0.15, 0.2) is 5.78 Å². The minimum absolute atomic E-state index is 0.198. The molecular weight excluding hydrogens is 291 g/mol. The average molecular weight is 301 g/mol. The molecule has 0 saturated heterocycles. The number of nitrogens with zero attached hydrogens (tertiary/aromatic N) is 1. The number of hydrogen-bond donors (Lipinski definition) is 1. The van der Waals surface area contributed by atoms with Gasteiger partial charge in [0.1, 0.15) is 4.64 Å². The lowest BCUT2D eigenvalue weighted by molar-refractivity contribution is 0.103. The molecule has 0 bridgehead atoms. The number of nitrogens with one attached hydrogen (secondary N) is 1. The zero-order chi connectivity index (χ0) is 13.4. The maximum absolute atomic E-state index is 12.4. The third kappa shape index (κ3) is 2.23. The highest BCUT2D eigenvalue weighted by atomic mass is 35.5. The van der Waals surface area contributed by atoms with Crippen molar-refractivity contribution in [3.8, 4) is 0 Å². The molecule has 0 radical (unpaired) electrons. The van der Waals surface area contributed by atoms with Crippen molar-refractivity contribution in [2.45, 2.75) is 6.92 Å². The molecule has 1 aromatic heterocycles. The van der Waals surface area contributed by atoms with Gasteiger partial charge in [-0.25, -0.2) is 0 Å². The molecule has 0 spiro atoms. The lowest BCUT2D eigenvalue weighted by Gasteiger charge is -2.03. The molecule has 1 N–H and O–H groups in total. The highest BCUT2D eigenvalue weighted by Crippen LogP contribution is 2.24. The number of H-pyrrole nitrogens is 1. The van der Waals surface area contributed by atoms with Gasteiger partial charge in [-0.2, -0.15) is 0 Å². The van der Waals surface area contributed by atoms with Crippen LogP contribution in [0.2, 0.25) is 10.0 Å². The third-order valence-corrected chi connectivity index (χ3v) is 3.66. The molecule has 3 nitrogen and oxygen atoms in total. The summed E-state index contributed by atoms with van der Waals surface area (Å²) in [4.78, 5) is 12.4. The van der Waals surface area contributed by atoms with Crippen LogP contribution in [0, 0.1) is 11.6 Å². The number of carbonyl (C=O) groups excluding carboxylic acids is 1. The van der Waals surface area contributed by atoms with Gasteiger partial charge in [0.05, 0.1) is 10.6 Å². The SMILES string of the molecule is Cc1[nH]n(C)c(=S)c1C(=O)c1ccc(Cl)cc1Cl. The van der Waals surface area contributed by atoms with Crippen LogP contribution in [0.3, 0.4) is 0 Å². The van der Waals surface area contributed by atoms with Crippen molar-refractivity contribution in [2.24, 2.45) is 7.05 Å². The first kappa shape index (κ1) is 13.3. The molecule has 0 aliphatic carbocycles. The van der Waals surface area contributed by atoms with Gasteiger partial charge < -0.3 is 5.10 Å². The first-order valence-corrected chi connectivity index (χ1v) is 6.33. The van der Waals surface area contributed by atoms with Crippen molar-refractivity contribution < 1.29 is 4.79 Å². The number of rotatable bonds is 2. The van der Waals surface area contributed by atoms with Crippen LogP contribution in [-0.2, 0) is 7.05 Å². The molecule has 0 amide bonds. The van der Waals surface area contributed by atoms with Crippen LogP contribution >= 0.6 is 35.4 Å². The van der Waals surface area contributed by atoms with Crippen molar-refractivity contribution >= 4 is 41.2 Å². The summed E-state index contributed by atoms with van der Waals surface area (Å²) in [6.45, 7) is 1.80. The largest absolute Gasteiger partial charge is 0.301 e. The highest BCUT2D eigenvalue weighted by molar-refractivity contribution is 7.71. The number of ketones is 1. The fraction of sp³-hybridized carbons (Fsp3) is 0.167. The molecule has 0 unspecified atom stereocenters. The first-order chi connectivity index (χ1) is 8.41. The van der Waals surface area contributed by atoms with Gasteiger partial charge in [-0.15, -0.1) is 0 Å². The second-order valence-electron chi connectivity index (χ2n) is 3.93. The van der Waals surface area contributed by atoms with Crippen LogP contribution in [-0.4, -0.2) is 15.6 Å². The van der Waals surface area contributed by atoms with Crippen molar-refractivity contribution in [1.82, 2.24) is 9.78 Å². The quantitative estimate of drug-likeness (QED) is 0.674. The number of aryl methyl sites for hydroxylation is 2. The summed E-state index contributed by atoms with van der Waals surface area (Å²) in [7, 11) is 1.76. The summed E-state index contributed by atoms with van der Waals surface area (Å²) >= 11 is 17.0. The molecule has 1 heterocycles. The first-order valence-electron chi connectivity index (χ1n) is 5.17. The van der Waals surface area contributed by atoms with Gasteiger partial charge in [-0.1, -0.05) is 35.4 Å². The van der Waals surface area contributed by atoms with Crippen LogP contribution in [0.25, 0.3) is 0 Å². The molecule has 6 heteroatoms. The Balaban J connectivity index is 2.58. The Morgan fingerprint density at radius 2 is 2.06 bits per heavy atom. The monoisotopic (exact) mass is 300 g/mol. The van der Waals surface area contributed by atoms with E-state index < -0.39 is 0 Å². The van der Waals surface area contributed by atoms with Gasteiger partial charge in [-0.05, 0) is 25.1 Å². The molecule has 0 aliphatic rings. The summed E-state index contributed by atoms with van der Waals surface area (Å²) in [5.74, 6) is -0.198. The molecule has 0 fully saturated rings. The minimum atomic E-state index is -0.198. The zero-order valence-electron chi connectivity index (χ0n) is 9.75. The Morgan fingerprint density at radius 3 is 2.56 bits per heavy atom. The second-order valence-corrected chi connectivity index (χ2v) is 5.16. The van der Waals surface area contributed by atoms with Gasteiger partial charge >= 0.3 is 0 Å². The van der Waals surface area contributed by atoms with Crippen LogP contribution in [0.1, 0.15) is 21.6 Å². The molecule has 2 rings (SSSR count). The molecule has 0 atom stereocenters. The minimum Gasteiger partial charge on any atom is -0.301 e. The fourth-order valence-electron chi connectivity index (χ4n) is 1.76. The van der Waals surface area contributed by atoms with Crippen molar-refractivity contribution in [3.05, 3.63) is 49.7 Å². The Morgan fingerprint density at radius 1 is 1.39 bits per heavy atom. The van der Waals surface area contributed by atoms with E-state index >= 15 is 0 Å². The Hall–Kier alpha value is -1.10. The molecule has 2 aromatic rings. The lowest BCUT2D eigenvalue weighted by Crippen LogP contribution is -2.03. The van der Waals surface area contributed by atoms with E-state index in [0.717, 1.165) is 5.69 Å². The van der Waals surface area contributed by atoms with E-state index in [1.54, 1.807) is 36.9 Å². The summed E-state index contributed by atoms with van der Waals surface area (Å²) < 4.78 is 2.09. The number of aromatic nitrogens is 2. The van der Waals surface area contributed by atoms with Gasteiger partial charge in [0.25, 0.3) is 0 Å². The van der Waals surface area contributed by atoms with E-state index in [0.29, 0.717) is 25.8 Å². The standard InChI is InChI=1S/C12H10Cl2N2OS/c1-6-10(12(18)16(2)15-6)11(17)8-4-3-7(13)5-9(8)14/h3-5,15H,1-2H3. The summed E-state index contributed by atoms with van der Waals surface area (Å²) in [6.07, 6.45) is 0. The van der Waals surface area contributed by atoms with Crippen molar-refractivity contribution in [1.29, 1.82) is 0 Å². The van der Waals surface area contributed by atoms with E-state index in [9.17, 15) is 4.79 Å². The number of benzene rings is 1. The summed E-state index contributed by atoms with van der Waals surface area (Å²) in [6, 6.07) is 4.78. The number of aromatic amines is 1. The normalized spacial score (nSPS) is 10.7. The predicted molar refractivity (Wildman–Crippen MR) is 75.2 cm³/mol. The fourth-order valence-corrected chi connectivity index (χ4v) is 2.55. The predicted octanol–water partition coefficient (Wildman–Crippen LogP) is 3.93. The molecule has 18 heavy (non-hydrogen) atoms. The summed E-state index contributed by atoms with van der Waals surface area (Å²) in [5.41, 5.74) is 1.59. The highest BCUT2D eigenvalue weighted by Gasteiger charge is 2.19. The molecular formula is C12H10Cl2N2OS. The topological polar surface area (TPSA) is 37.8 Å². The van der Waals surface area contributed by atoms with Crippen LogP contribution < -0.4 is 0 Å². The molecule has 94 valence electrons. The van der Waals surface area contributed by atoms with E-state index in [-0.39, 0.29) is 5.78 Å². The van der Waals surface area contributed by atoms with Gasteiger partial charge in [0.2, 0.25) is 0 Å². The Bertz CT molecular complexity index is 688. The number of carbonyl (C=O) groups is 1. The maximum Gasteiger partial charge on any atom is 0.199 e. The van der Waals surface area contributed by atoms with Crippen LogP contribution in [0.4, 0.5) is 0 Å². The van der Waals surface area contributed by atoms with Crippen molar-refractivity contribution in [3.63, 3.8) is 0 Å². The Labute approximate surface area is 119 Å². The van der Waals surface area contributed by atoms with Crippen molar-refractivity contribution in [2.75, 3.05) is 0 Å². The molecule has 0 saturated carbocycles. The number of halogens is 2. The van der Waals surface area contributed by atoms with Crippen LogP contribution in [0.5, 0.6) is 0 Å². The third-order valence-electron chi connectivity index (χ3n) is 2.63. The smallest absolute Gasteiger partial charge is 0.199 e. The molecule has 1 aromatic carbocycles. The Kier molecular flexibility index (Phi) is 3.61. The number of hydrogen-bond acceptors (Lipinski definition) is 2.